The van der Waals surface area contributed by atoms with Crippen LogP contribution in [0.25, 0.3) is 0 Å². The summed E-state index contributed by atoms with van der Waals surface area (Å²) in [7, 11) is 1.45. The molecule has 4 aliphatic rings. The first-order valence-corrected chi connectivity index (χ1v) is 15.2. The zero-order valence-electron chi connectivity index (χ0n) is 24.0. The predicted octanol–water partition coefficient (Wildman–Crippen LogP) is 7.39. The molecule has 2 saturated carbocycles. The number of methoxy groups -OCH3 is 1. The number of rotatable bonds is 12. The minimum Gasteiger partial charge on any atom is -0.469 e. The largest absolute Gasteiger partial charge is 0.469 e. The molecule has 2 aliphatic carbocycles. The van der Waals surface area contributed by atoms with Crippen molar-refractivity contribution < 1.29 is 28.5 Å². The third-order valence-electron chi connectivity index (χ3n) is 8.55. The van der Waals surface area contributed by atoms with E-state index in [9.17, 15) is 4.79 Å². The number of esters is 1. The lowest BCUT2D eigenvalue weighted by molar-refractivity contribution is -0.201. The van der Waals surface area contributed by atoms with Crippen LogP contribution in [0, 0.1) is 17.8 Å². The molecule has 2 aliphatic heterocycles. The highest BCUT2D eigenvalue weighted by Gasteiger charge is 2.50. The molecule has 6 nitrogen and oxygen atoms in total. The third kappa shape index (κ3) is 8.69. The van der Waals surface area contributed by atoms with Crippen LogP contribution in [0.5, 0.6) is 0 Å². The number of hydrogen-bond donors (Lipinski definition) is 0. The first-order valence-electron chi connectivity index (χ1n) is 15.2. The summed E-state index contributed by atoms with van der Waals surface area (Å²) < 4.78 is 30.3. The van der Waals surface area contributed by atoms with Gasteiger partial charge in [0, 0.05) is 25.0 Å². The van der Waals surface area contributed by atoms with E-state index < -0.39 is 0 Å². The Labute approximate surface area is 230 Å². The van der Waals surface area contributed by atoms with Gasteiger partial charge in [-0.05, 0) is 109 Å². The lowest BCUT2D eigenvalue weighted by atomic mass is 9.88. The lowest BCUT2D eigenvalue weighted by Gasteiger charge is -2.34. The van der Waals surface area contributed by atoms with Gasteiger partial charge in [-0.1, -0.05) is 23.6 Å². The summed E-state index contributed by atoms with van der Waals surface area (Å²) >= 11 is 0. The third-order valence-corrected chi connectivity index (χ3v) is 8.55. The molecular weight excluding hydrogens is 480 g/mol. The van der Waals surface area contributed by atoms with Crippen molar-refractivity contribution in [3.8, 4) is 0 Å². The Kier molecular flexibility index (Phi) is 11.8. The minimum atomic E-state index is -0.254. The van der Waals surface area contributed by atoms with E-state index in [0.717, 1.165) is 96.0 Å². The van der Waals surface area contributed by atoms with Crippen molar-refractivity contribution in [2.75, 3.05) is 20.3 Å². The number of fused-ring (bicyclic) bond motifs is 1. The van der Waals surface area contributed by atoms with Crippen LogP contribution in [0.1, 0.15) is 104 Å². The maximum absolute atomic E-state index is 12.0. The monoisotopic (exact) mass is 530 g/mol. The topological polar surface area (TPSA) is 63.2 Å². The molecule has 0 radical (unpaired) electrons. The van der Waals surface area contributed by atoms with Crippen molar-refractivity contribution in [3.63, 3.8) is 0 Å². The van der Waals surface area contributed by atoms with Crippen LogP contribution in [0.15, 0.2) is 35.1 Å². The molecule has 4 rings (SSSR count). The summed E-state index contributed by atoms with van der Waals surface area (Å²) in [5, 5.41) is 0. The van der Waals surface area contributed by atoms with E-state index in [-0.39, 0.29) is 30.6 Å². The Morgan fingerprint density at radius 1 is 0.921 bits per heavy atom. The van der Waals surface area contributed by atoms with Gasteiger partial charge in [-0.2, -0.15) is 0 Å². The van der Waals surface area contributed by atoms with Crippen LogP contribution < -0.4 is 0 Å². The number of hydrogen-bond acceptors (Lipinski definition) is 6. The molecule has 6 heteroatoms. The molecule has 4 fully saturated rings. The van der Waals surface area contributed by atoms with Crippen molar-refractivity contribution in [3.05, 3.63) is 35.1 Å². The quantitative estimate of drug-likeness (QED) is 0.0862. The Morgan fingerprint density at radius 3 is 2.29 bits per heavy atom. The number of ether oxygens (including phenoxy) is 5. The number of unbranched alkanes of at least 4 members (excludes halogenated alkanes) is 4. The van der Waals surface area contributed by atoms with Crippen molar-refractivity contribution in [2.24, 2.45) is 17.8 Å². The molecule has 0 amide bonds. The maximum Gasteiger partial charge on any atom is 0.330 e. The number of carbonyl (C=O) groups is 1. The van der Waals surface area contributed by atoms with Crippen LogP contribution in [-0.4, -0.2) is 45.0 Å². The fourth-order valence-corrected chi connectivity index (χ4v) is 6.65. The number of carbonyl (C=O) groups excluding carboxylic acids is 1. The Bertz CT molecular complexity index is 829. The normalized spacial score (nSPS) is 32.7. The van der Waals surface area contributed by atoms with E-state index in [0.29, 0.717) is 11.8 Å². The maximum atomic E-state index is 12.0. The summed E-state index contributed by atoms with van der Waals surface area (Å²) in [6, 6.07) is 0. The van der Waals surface area contributed by atoms with Gasteiger partial charge < -0.3 is 23.7 Å². The molecule has 2 heterocycles. The van der Waals surface area contributed by atoms with E-state index in [2.05, 4.69) is 26.0 Å². The average Bonchev–Trinajstić information content (AvgIpc) is 3.44. The molecular formula is C32H50O6. The van der Waals surface area contributed by atoms with Gasteiger partial charge in [0.05, 0.1) is 19.8 Å². The van der Waals surface area contributed by atoms with Gasteiger partial charge in [0.1, 0.15) is 5.76 Å². The summed E-state index contributed by atoms with van der Waals surface area (Å²) in [5.74, 6) is 1.83. The van der Waals surface area contributed by atoms with Gasteiger partial charge in [0.2, 0.25) is 0 Å². The van der Waals surface area contributed by atoms with E-state index in [1.807, 2.05) is 0 Å². The van der Waals surface area contributed by atoms with Crippen LogP contribution in [0.4, 0.5) is 0 Å². The van der Waals surface area contributed by atoms with E-state index >= 15 is 0 Å². The molecule has 0 aromatic carbocycles. The highest BCUT2D eigenvalue weighted by molar-refractivity contribution is 5.82. The highest BCUT2D eigenvalue weighted by Crippen LogP contribution is 2.54. The Morgan fingerprint density at radius 2 is 1.63 bits per heavy atom. The summed E-state index contributed by atoms with van der Waals surface area (Å²) in [6.07, 6.45) is 21.1. The van der Waals surface area contributed by atoms with E-state index in [1.165, 1.54) is 31.1 Å². The fraction of sp³-hybridized carbons (Fsp3) is 0.781. The van der Waals surface area contributed by atoms with E-state index in [4.69, 9.17) is 23.7 Å². The summed E-state index contributed by atoms with van der Waals surface area (Å²) in [4.78, 5) is 12.0. The molecule has 0 N–H and O–H groups in total. The summed E-state index contributed by atoms with van der Waals surface area (Å²) in [6.45, 7) is 5.88. The zero-order valence-corrected chi connectivity index (χ0v) is 24.0. The van der Waals surface area contributed by atoms with Gasteiger partial charge in [-0.15, -0.1) is 0 Å². The summed E-state index contributed by atoms with van der Waals surface area (Å²) in [5.41, 5.74) is 2.59. The molecule has 214 valence electrons. The smallest absolute Gasteiger partial charge is 0.330 e. The van der Waals surface area contributed by atoms with Gasteiger partial charge >= 0.3 is 5.97 Å². The molecule has 0 aromatic rings. The van der Waals surface area contributed by atoms with Crippen molar-refractivity contribution in [2.45, 2.75) is 122 Å². The van der Waals surface area contributed by atoms with Gasteiger partial charge in [0.15, 0.2) is 12.6 Å². The predicted molar refractivity (Wildman–Crippen MR) is 148 cm³/mol. The van der Waals surface area contributed by atoms with Gasteiger partial charge in [-0.3, -0.25) is 0 Å². The van der Waals surface area contributed by atoms with Crippen molar-refractivity contribution in [1.29, 1.82) is 0 Å². The number of allylic oxidation sites excluding steroid dienone is 4. The SMILES string of the molecule is COC(=O)C=C1C[C@@H]2C[C@@H](OC3CCCCO3)[C@H](C(=CCCCCCC=C(C)C)OC3CCCCO3)[C@@H]2C1. The molecule has 0 aromatic heterocycles. The molecule has 2 saturated heterocycles. The highest BCUT2D eigenvalue weighted by atomic mass is 16.7. The Hall–Kier alpha value is -1.63. The molecule has 0 bridgehead atoms. The van der Waals surface area contributed by atoms with E-state index in [1.54, 1.807) is 6.08 Å². The van der Waals surface area contributed by atoms with Crippen LogP contribution in [0.3, 0.4) is 0 Å². The first kappa shape index (κ1) is 29.4. The first-order chi connectivity index (χ1) is 18.5. The molecule has 6 atom stereocenters. The van der Waals surface area contributed by atoms with Crippen LogP contribution in [0.2, 0.25) is 0 Å². The van der Waals surface area contributed by atoms with Crippen molar-refractivity contribution in [1.82, 2.24) is 0 Å². The molecule has 0 spiro atoms. The second kappa shape index (κ2) is 15.2. The lowest BCUT2D eigenvalue weighted by Crippen LogP contribution is -2.34. The minimum absolute atomic E-state index is 0.0697. The Balaban J connectivity index is 1.50. The van der Waals surface area contributed by atoms with Gasteiger partial charge in [0.25, 0.3) is 0 Å². The van der Waals surface area contributed by atoms with Crippen LogP contribution >= 0.6 is 0 Å². The fourth-order valence-electron chi connectivity index (χ4n) is 6.65. The standard InChI is InChI=1S/C32H50O6/c1-23(2)13-7-5-4-6-8-14-27(37-30-15-9-11-17-35-30)32-26-20-24(21-29(33)34-3)19-25(26)22-28(32)38-31-16-10-12-18-36-31/h13-14,21,25-26,28,30-32H,4-12,15-20,22H2,1-3H3/t25-,26-,28-,30?,31?,32+/m1/s1. The zero-order chi connectivity index (χ0) is 26.7. The van der Waals surface area contributed by atoms with Crippen molar-refractivity contribution >= 4 is 5.97 Å². The second-order valence-corrected chi connectivity index (χ2v) is 11.8. The van der Waals surface area contributed by atoms with Gasteiger partial charge in [-0.25, -0.2) is 4.79 Å². The second-order valence-electron chi connectivity index (χ2n) is 11.8. The average molecular weight is 531 g/mol. The molecule has 2 unspecified atom stereocenters. The van der Waals surface area contributed by atoms with Crippen LogP contribution in [-0.2, 0) is 28.5 Å². The molecule has 38 heavy (non-hydrogen) atoms.